The van der Waals surface area contributed by atoms with Crippen molar-refractivity contribution in [2.75, 3.05) is 32.1 Å². The zero-order chi connectivity index (χ0) is 19.6. The molecule has 0 fully saturated rings. The molecule has 0 bridgehead atoms. The number of benzene rings is 2. The van der Waals surface area contributed by atoms with Gasteiger partial charge in [0.15, 0.2) is 5.13 Å². The maximum absolute atomic E-state index is 13.2. The predicted octanol–water partition coefficient (Wildman–Crippen LogP) is 5.59. The van der Waals surface area contributed by atoms with Gasteiger partial charge in [-0.3, -0.25) is 9.69 Å². The number of aromatic nitrogens is 1. The molecule has 1 heterocycles. The van der Waals surface area contributed by atoms with Crippen LogP contribution >= 0.6 is 35.3 Å². The highest BCUT2D eigenvalue weighted by atomic mass is 35.5. The number of fused-ring (bicyclic) bond motifs is 1. The number of aryl methyl sites for hydroxylation is 2. The van der Waals surface area contributed by atoms with Crippen molar-refractivity contribution in [2.24, 2.45) is 0 Å². The summed E-state index contributed by atoms with van der Waals surface area (Å²) in [5.41, 5.74) is 3.75. The van der Waals surface area contributed by atoms with Gasteiger partial charge in [-0.2, -0.15) is 0 Å². The van der Waals surface area contributed by atoms with Crippen molar-refractivity contribution in [3.63, 3.8) is 0 Å². The lowest BCUT2D eigenvalue weighted by Crippen LogP contribution is -2.33. The lowest BCUT2D eigenvalue weighted by atomic mass is 10.1. The van der Waals surface area contributed by atoms with E-state index in [1.807, 2.05) is 64.3 Å². The van der Waals surface area contributed by atoms with Gasteiger partial charge in [-0.25, -0.2) is 4.98 Å². The fraction of sp³-hybridized carbons (Fsp3) is 0.333. The number of carbonyl (C=O) groups excluding carboxylic acids is 1. The van der Waals surface area contributed by atoms with Gasteiger partial charge < -0.3 is 4.90 Å². The van der Waals surface area contributed by atoms with E-state index in [9.17, 15) is 4.79 Å². The van der Waals surface area contributed by atoms with Crippen LogP contribution in [-0.2, 0) is 0 Å². The van der Waals surface area contributed by atoms with Gasteiger partial charge in [-0.15, -0.1) is 12.4 Å². The molecule has 0 saturated carbocycles. The first-order chi connectivity index (χ1) is 12.8. The second-order valence-electron chi connectivity index (χ2n) is 7.05. The van der Waals surface area contributed by atoms with Crippen LogP contribution in [0.3, 0.4) is 0 Å². The minimum Gasteiger partial charge on any atom is -0.309 e. The van der Waals surface area contributed by atoms with Gasteiger partial charge in [0.2, 0.25) is 0 Å². The molecule has 0 aliphatic heterocycles. The van der Waals surface area contributed by atoms with Crippen LogP contribution in [0.5, 0.6) is 0 Å². The van der Waals surface area contributed by atoms with Crippen molar-refractivity contribution < 1.29 is 4.79 Å². The molecular weight excluding hydrogens is 413 g/mol. The van der Waals surface area contributed by atoms with Gasteiger partial charge in [0.05, 0.1) is 10.2 Å². The van der Waals surface area contributed by atoms with E-state index in [-0.39, 0.29) is 18.3 Å². The zero-order valence-corrected chi connectivity index (χ0v) is 18.9. The average molecular weight is 438 g/mol. The molecule has 0 radical (unpaired) electrons. The number of hydrogen-bond acceptors (Lipinski definition) is 4. The number of thiazole rings is 1. The Bertz CT molecular complexity index is 954. The van der Waals surface area contributed by atoms with Gasteiger partial charge in [-0.1, -0.05) is 40.6 Å². The van der Waals surface area contributed by atoms with E-state index in [0.717, 1.165) is 39.4 Å². The molecule has 3 rings (SSSR count). The standard InChI is InChI=1S/C21H24ClN3OS.ClH/c1-14-6-8-16(9-7-14)20(26)25(11-5-10-24(3)4)21-23-19-15(2)12-17(22)13-18(19)27-21;/h6-9,12-13H,5,10-11H2,1-4H3;1H. The molecule has 3 aromatic rings. The Hall–Kier alpha value is -1.66. The summed E-state index contributed by atoms with van der Waals surface area (Å²) < 4.78 is 1.00. The maximum atomic E-state index is 13.2. The molecule has 0 N–H and O–H groups in total. The van der Waals surface area contributed by atoms with Gasteiger partial charge in [-0.05, 0) is 70.7 Å². The van der Waals surface area contributed by atoms with Crippen LogP contribution in [-0.4, -0.2) is 43.0 Å². The van der Waals surface area contributed by atoms with E-state index in [1.54, 1.807) is 4.90 Å². The number of anilines is 1. The SMILES string of the molecule is Cc1ccc(C(=O)N(CCCN(C)C)c2nc3c(C)cc(Cl)cc3s2)cc1.Cl. The molecule has 0 atom stereocenters. The quantitative estimate of drug-likeness (QED) is 0.504. The lowest BCUT2D eigenvalue weighted by molar-refractivity contribution is 0.0986. The first-order valence-electron chi connectivity index (χ1n) is 8.95. The van der Waals surface area contributed by atoms with E-state index < -0.39 is 0 Å². The third-order valence-corrected chi connectivity index (χ3v) is 5.64. The summed E-state index contributed by atoms with van der Waals surface area (Å²) >= 11 is 7.71. The first kappa shape index (κ1) is 22.6. The molecule has 2 aromatic carbocycles. The van der Waals surface area contributed by atoms with Crippen molar-refractivity contribution in [2.45, 2.75) is 20.3 Å². The van der Waals surface area contributed by atoms with Crippen LogP contribution < -0.4 is 4.90 Å². The molecule has 1 aromatic heterocycles. The highest BCUT2D eigenvalue weighted by Crippen LogP contribution is 2.33. The van der Waals surface area contributed by atoms with Crippen LogP contribution in [0.4, 0.5) is 5.13 Å². The molecule has 150 valence electrons. The molecule has 28 heavy (non-hydrogen) atoms. The number of rotatable bonds is 6. The van der Waals surface area contributed by atoms with Gasteiger partial charge in [0, 0.05) is 17.1 Å². The molecule has 0 aliphatic rings. The summed E-state index contributed by atoms with van der Waals surface area (Å²) in [6.07, 6.45) is 0.875. The highest BCUT2D eigenvalue weighted by molar-refractivity contribution is 7.22. The Morgan fingerprint density at radius 1 is 1.11 bits per heavy atom. The van der Waals surface area contributed by atoms with Crippen molar-refractivity contribution >= 4 is 56.6 Å². The summed E-state index contributed by atoms with van der Waals surface area (Å²) in [5.74, 6) is -0.0171. The minimum atomic E-state index is -0.0171. The van der Waals surface area contributed by atoms with Crippen molar-refractivity contribution in [3.05, 3.63) is 58.1 Å². The van der Waals surface area contributed by atoms with Gasteiger partial charge >= 0.3 is 0 Å². The monoisotopic (exact) mass is 437 g/mol. The smallest absolute Gasteiger partial charge is 0.260 e. The number of carbonyl (C=O) groups is 1. The maximum Gasteiger partial charge on any atom is 0.260 e. The summed E-state index contributed by atoms with van der Waals surface area (Å²) in [7, 11) is 4.07. The predicted molar refractivity (Wildman–Crippen MR) is 123 cm³/mol. The van der Waals surface area contributed by atoms with E-state index in [4.69, 9.17) is 16.6 Å². The molecule has 0 saturated heterocycles. The molecule has 4 nitrogen and oxygen atoms in total. The fourth-order valence-corrected chi connectivity index (χ4v) is 4.38. The van der Waals surface area contributed by atoms with Crippen LogP contribution in [0.2, 0.25) is 5.02 Å². The van der Waals surface area contributed by atoms with Crippen LogP contribution in [0.15, 0.2) is 36.4 Å². The Balaban J connectivity index is 0.00000280. The first-order valence-corrected chi connectivity index (χ1v) is 10.1. The second-order valence-corrected chi connectivity index (χ2v) is 8.49. The van der Waals surface area contributed by atoms with Gasteiger partial charge in [0.25, 0.3) is 5.91 Å². The molecule has 0 unspecified atom stereocenters. The zero-order valence-electron chi connectivity index (χ0n) is 16.5. The van der Waals surface area contributed by atoms with Crippen molar-refractivity contribution in [3.8, 4) is 0 Å². The van der Waals surface area contributed by atoms with E-state index in [1.165, 1.54) is 11.3 Å². The molecule has 0 spiro atoms. The summed E-state index contributed by atoms with van der Waals surface area (Å²) in [5, 5.41) is 1.42. The van der Waals surface area contributed by atoms with E-state index in [2.05, 4.69) is 4.90 Å². The number of hydrogen-bond donors (Lipinski definition) is 0. The van der Waals surface area contributed by atoms with Gasteiger partial charge in [0.1, 0.15) is 0 Å². The highest BCUT2D eigenvalue weighted by Gasteiger charge is 2.21. The van der Waals surface area contributed by atoms with Crippen LogP contribution in [0, 0.1) is 13.8 Å². The van der Waals surface area contributed by atoms with E-state index in [0.29, 0.717) is 17.1 Å². The third kappa shape index (κ3) is 5.23. The fourth-order valence-electron chi connectivity index (χ4n) is 2.94. The largest absolute Gasteiger partial charge is 0.309 e. The summed E-state index contributed by atoms with van der Waals surface area (Å²) in [4.78, 5) is 21.9. The van der Waals surface area contributed by atoms with Crippen LogP contribution in [0.1, 0.15) is 27.9 Å². The Kier molecular flexibility index (Phi) is 7.84. The van der Waals surface area contributed by atoms with Crippen molar-refractivity contribution in [1.29, 1.82) is 0 Å². The second kappa shape index (κ2) is 9.70. The molecule has 7 heteroatoms. The average Bonchev–Trinajstić information content (AvgIpc) is 3.02. The number of nitrogens with zero attached hydrogens (tertiary/aromatic N) is 3. The van der Waals surface area contributed by atoms with Crippen molar-refractivity contribution in [1.82, 2.24) is 9.88 Å². The third-order valence-electron chi connectivity index (χ3n) is 4.40. The lowest BCUT2D eigenvalue weighted by Gasteiger charge is -2.21. The Morgan fingerprint density at radius 3 is 2.43 bits per heavy atom. The summed E-state index contributed by atoms with van der Waals surface area (Å²) in [6, 6.07) is 11.5. The summed E-state index contributed by atoms with van der Waals surface area (Å²) in [6.45, 7) is 5.55. The molecule has 1 amide bonds. The molecular formula is C21H25Cl2N3OS. The normalized spacial score (nSPS) is 10.9. The van der Waals surface area contributed by atoms with Crippen LogP contribution in [0.25, 0.3) is 10.2 Å². The van der Waals surface area contributed by atoms with E-state index >= 15 is 0 Å². The minimum absolute atomic E-state index is 0. The number of amides is 1. The Labute approximate surface area is 181 Å². The Morgan fingerprint density at radius 2 is 1.79 bits per heavy atom. The topological polar surface area (TPSA) is 36.4 Å². The molecule has 0 aliphatic carbocycles. The number of halogens is 2.